The standard InChI is InChI=1S/C18H27F3N4O.HI/c1-3-22-17(23-11-14-9-10-25(4-2)13-14)24-12-15-7-5-6-8-16(15)26-18(19,20)21;/h5-8,14H,3-4,9-13H2,1-2H3,(H2,22,23,24);1H. The fourth-order valence-corrected chi connectivity index (χ4v) is 2.97. The average Bonchev–Trinajstić information content (AvgIpc) is 3.05. The molecule has 9 heteroatoms. The van der Waals surface area contributed by atoms with Gasteiger partial charge in [0.15, 0.2) is 5.96 Å². The molecule has 0 spiro atoms. The summed E-state index contributed by atoms with van der Waals surface area (Å²) in [4.78, 5) is 6.81. The highest BCUT2D eigenvalue weighted by molar-refractivity contribution is 14.0. The molecule has 0 aromatic heterocycles. The second-order valence-electron chi connectivity index (χ2n) is 6.28. The molecular formula is C18H28F3IN4O. The third kappa shape index (κ3) is 8.54. The molecule has 27 heavy (non-hydrogen) atoms. The van der Waals surface area contributed by atoms with Crippen molar-refractivity contribution in [2.45, 2.75) is 33.2 Å². The van der Waals surface area contributed by atoms with Crippen LogP contribution in [0.3, 0.4) is 0 Å². The van der Waals surface area contributed by atoms with Gasteiger partial charge in [-0.05, 0) is 38.4 Å². The summed E-state index contributed by atoms with van der Waals surface area (Å²) in [5, 5.41) is 6.43. The Bertz CT molecular complexity index is 598. The maximum absolute atomic E-state index is 12.5. The average molecular weight is 500 g/mol. The summed E-state index contributed by atoms with van der Waals surface area (Å²) >= 11 is 0. The molecule has 1 aromatic rings. The summed E-state index contributed by atoms with van der Waals surface area (Å²) in [5.74, 6) is 0.942. The van der Waals surface area contributed by atoms with E-state index in [1.54, 1.807) is 12.1 Å². The highest BCUT2D eigenvalue weighted by atomic mass is 127. The molecule has 1 heterocycles. The molecule has 0 amide bonds. The quantitative estimate of drug-likeness (QED) is 0.342. The smallest absolute Gasteiger partial charge is 0.405 e. The van der Waals surface area contributed by atoms with Crippen LogP contribution in [0.25, 0.3) is 0 Å². The van der Waals surface area contributed by atoms with Crippen LogP contribution in [0, 0.1) is 5.92 Å². The van der Waals surface area contributed by atoms with Crippen LogP contribution in [0.4, 0.5) is 13.2 Å². The third-order valence-electron chi connectivity index (χ3n) is 4.33. The number of ether oxygens (including phenoxy) is 1. The van der Waals surface area contributed by atoms with Crippen LogP contribution >= 0.6 is 24.0 Å². The molecule has 1 atom stereocenters. The van der Waals surface area contributed by atoms with E-state index in [-0.39, 0.29) is 36.3 Å². The van der Waals surface area contributed by atoms with Gasteiger partial charge in [-0.1, -0.05) is 25.1 Å². The first kappa shape index (κ1) is 23.8. The Morgan fingerprint density at radius 2 is 2.00 bits per heavy atom. The molecule has 5 nitrogen and oxygen atoms in total. The number of hydrogen-bond acceptors (Lipinski definition) is 3. The van der Waals surface area contributed by atoms with E-state index < -0.39 is 6.36 Å². The van der Waals surface area contributed by atoms with E-state index in [9.17, 15) is 13.2 Å². The van der Waals surface area contributed by atoms with E-state index in [0.29, 0.717) is 24.0 Å². The Labute approximate surface area is 175 Å². The molecule has 0 saturated carbocycles. The number of aliphatic imine (C=N–C) groups is 1. The third-order valence-corrected chi connectivity index (χ3v) is 4.33. The molecular weight excluding hydrogens is 472 g/mol. The number of guanidine groups is 1. The van der Waals surface area contributed by atoms with Gasteiger partial charge in [0.05, 0.1) is 6.54 Å². The maximum Gasteiger partial charge on any atom is 0.573 e. The van der Waals surface area contributed by atoms with Crippen LogP contribution in [0.5, 0.6) is 5.75 Å². The molecule has 0 aliphatic carbocycles. The van der Waals surface area contributed by atoms with E-state index in [1.165, 1.54) is 12.1 Å². The Hall–Kier alpha value is -1.23. The van der Waals surface area contributed by atoms with Crippen LogP contribution in [0.15, 0.2) is 29.3 Å². The van der Waals surface area contributed by atoms with Gasteiger partial charge in [0.1, 0.15) is 5.75 Å². The van der Waals surface area contributed by atoms with Crippen molar-refractivity contribution >= 4 is 29.9 Å². The zero-order valence-corrected chi connectivity index (χ0v) is 18.0. The van der Waals surface area contributed by atoms with Crippen LogP contribution < -0.4 is 15.4 Å². The first-order valence-electron chi connectivity index (χ1n) is 8.99. The predicted molar refractivity (Wildman–Crippen MR) is 112 cm³/mol. The molecule has 1 aromatic carbocycles. The zero-order valence-electron chi connectivity index (χ0n) is 15.7. The lowest BCUT2D eigenvalue weighted by Gasteiger charge is -2.16. The van der Waals surface area contributed by atoms with Crippen LogP contribution in [0.2, 0.25) is 0 Å². The molecule has 0 radical (unpaired) electrons. The van der Waals surface area contributed by atoms with E-state index in [4.69, 9.17) is 0 Å². The number of hydrogen-bond donors (Lipinski definition) is 2. The topological polar surface area (TPSA) is 48.9 Å². The van der Waals surface area contributed by atoms with Crippen LogP contribution in [0.1, 0.15) is 25.8 Å². The molecule has 1 aliphatic heterocycles. The van der Waals surface area contributed by atoms with Gasteiger partial charge in [0.25, 0.3) is 0 Å². The number of nitrogens with zero attached hydrogens (tertiary/aromatic N) is 2. The fourth-order valence-electron chi connectivity index (χ4n) is 2.97. The van der Waals surface area contributed by atoms with Gasteiger partial charge in [0.2, 0.25) is 0 Å². The van der Waals surface area contributed by atoms with Gasteiger partial charge in [-0.15, -0.1) is 37.1 Å². The molecule has 1 fully saturated rings. The SMILES string of the molecule is CCNC(=NCc1ccccc1OC(F)(F)F)NCC1CCN(CC)C1.I. The monoisotopic (exact) mass is 500 g/mol. The van der Waals surface area contributed by atoms with Crippen molar-refractivity contribution in [1.82, 2.24) is 15.5 Å². The van der Waals surface area contributed by atoms with Crippen molar-refractivity contribution in [3.8, 4) is 5.75 Å². The van der Waals surface area contributed by atoms with E-state index in [2.05, 4.69) is 32.2 Å². The van der Waals surface area contributed by atoms with Gasteiger partial charge >= 0.3 is 6.36 Å². The van der Waals surface area contributed by atoms with Crippen molar-refractivity contribution in [1.29, 1.82) is 0 Å². The zero-order chi connectivity index (χ0) is 19.0. The number of alkyl halides is 3. The lowest BCUT2D eigenvalue weighted by molar-refractivity contribution is -0.274. The number of benzene rings is 1. The number of para-hydroxylation sites is 1. The van der Waals surface area contributed by atoms with Crippen molar-refractivity contribution in [3.63, 3.8) is 0 Å². The van der Waals surface area contributed by atoms with Crippen molar-refractivity contribution in [2.75, 3.05) is 32.7 Å². The Balaban J connectivity index is 0.00000364. The van der Waals surface area contributed by atoms with Crippen LogP contribution in [-0.4, -0.2) is 49.9 Å². The summed E-state index contributed by atoms with van der Waals surface area (Å²) in [6.45, 7) is 8.91. The summed E-state index contributed by atoms with van der Waals surface area (Å²) in [6.07, 6.45) is -3.57. The minimum Gasteiger partial charge on any atom is -0.405 e. The van der Waals surface area contributed by atoms with Gasteiger partial charge < -0.3 is 20.3 Å². The van der Waals surface area contributed by atoms with Crippen molar-refractivity contribution in [2.24, 2.45) is 10.9 Å². The van der Waals surface area contributed by atoms with E-state index >= 15 is 0 Å². The fraction of sp³-hybridized carbons (Fsp3) is 0.611. The second-order valence-corrected chi connectivity index (χ2v) is 6.28. The number of likely N-dealkylation sites (tertiary alicyclic amines) is 1. The summed E-state index contributed by atoms with van der Waals surface area (Å²) in [7, 11) is 0. The maximum atomic E-state index is 12.5. The van der Waals surface area contributed by atoms with E-state index in [1.807, 2.05) is 6.92 Å². The molecule has 154 valence electrons. The Morgan fingerprint density at radius 1 is 1.26 bits per heavy atom. The van der Waals surface area contributed by atoms with Gasteiger partial charge in [-0.2, -0.15) is 0 Å². The van der Waals surface area contributed by atoms with Crippen molar-refractivity contribution in [3.05, 3.63) is 29.8 Å². The largest absolute Gasteiger partial charge is 0.573 e. The normalized spacial score (nSPS) is 18.1. The highest BCUT2D eigenvalue weighted by Crippen LogP contribution is 2.26. The molecule has 0 bridgehead atoms. The highest BCUT2D eigenvalue weighted by Gasteiger charge is 2.31. The molecule has 2 rings (SSSR count). The Kier molecular flexibility index (Phi) is 10.2. The first-order valence-corrected chi connectivity index (χ1v) is 8.99. The minimum absolute atomic E-state index is 0. The lowest BCUT2D eigenvalue weighted by Crippen LogP contribution is -2.40. The molecule has 1 aliphatic rings. The van der Waals surface area contributed by atoms with Crippen molar-refractivity contribution < 1.29 is 17.9 Å². The summed E-state index contributed by atoms with van der Waals surface area (Å²) < 4.78 is 41.6. The summed E-state index contributed by atoms with van der Waals surface area (Å²) in [6, 6.07) is 6.07. The number of nitrogens with one attached hydrogen (secondary N) is 2. The molecule has 1 unspecified atom stereocenters. The van der Waals surface area contributed by atoms with E-state index in [0.717, 1.165) is 32.6 Å². The Morgan fingerprint density at radius 3 is 2.63 bits per heavy atom. The lowest BCUT2D eigenvalue weighted by atomic mass is 10.1. The molecule has 2 N–H and O–H groups in total. The summed E-state index contributed by atoms with van der Waals surface area (Å²) in [5.41, 5.74) is 0.389. The van der Waals surface area contributed by atoms with Crippen LogP contribution in [-0.2, 0) is 6.54 Å². The van der Waals surface area contributed by atoms with Gasteiger partial charge in [0, 0.05) is 25.2 Å². The van der Waals surface area contributed by atoms with Gasteiger partial charge in [-0.3, -0.25) is 0 Å². The number of rotatable bonds is 7. The predicted octanol–water partition coefficient (Wildman–Crippen LogP) is 3.60. The minimum atomic E-state index is -4.71. The first-order chi connectivity index (χ1) is 12.4. The molecule has 1 saturated heterocycles. The second kappa shape index (κ2) is 11.6. The number of halogens is 4. The van der Waals surface area contributed by atoms with Gasteiger partial charge in [-0.25, -0.2) is 4.99 Å².